The Labute approximate surface area is 131 Å². The van der Waals surface area contributed by atoms with Crippen LogP contribution in [0.15, 0.2) is 24.3 Å². The number of nitrogens with one attached hydrogen (secondary N) is 4. The van der Waals surface area contributed by atoms with Crippen molar-refractivity contribution in [1.82, 2.24) is 16.0 Å². The smallest absolute Gasteiger partial charge is 0.319 e. The van der Waals surface area contributed by atoms with Gasteiger partial charge in [-0.25, -0.2) is 4.79 Å². The summed E-state index contributed by atoms with van der Waals surface area (Å²) in [6, 6.07) is 7.21. The van der Waals surface area contributed by atoms with Gasteiger partial charge in [0.05, 0.1) is 6.54 Å². The fourth-order valence-corrected chi connectivity index (χ4v) is 1.56. The second kappa shape index (κ2) is 10.0. The van der Waals surface area contributed by atoms with Gasteiger partial charge in [0.1, 0.15) is 0 Å². The lowest BCUT2D eigenvalue weighted by Crippen LogP contribution is -2.34. The third kappa shape index (κ3) is 8.16. The first kappa shape index (κ1) is 19.2. The highest BCUT2D eigenvalue weighted by atomic mass is 35.5. The Morgan fingerprint density at radius 3 is 2.29 bits per heavy atom. The maximum atomic E-state index is 11.5. The van der Waals surface area contributed by atoms with Crippen molar-refractivity contribution in [3.63, 3.8) is 0 Å². The van der Waals surface area contributed by atoms with Gasteiger partial charge in [-0.05, 0) is 38.6 Å². The van der Waals surface area contributed by atoms with Crippen LogP contribution in [0.25, 0.3) is 0 Å². The average molecular weight is 315 g/mol. The Morgan fingerprint density at radius 1 is 1.14 bits per heavy atom. The second-order valence-corrected chi connectivity index (χ2v) is 4.76. The van der Waals surface area contributed by atoms with Gasteiger partial charge in [0.2, 0.25) is 5.91 Å². The molecule has 0 aliphatic carbocycles. The second-order valence-electron chi connectivity index (χ2n) is 4.76. The van der Waals surface area contributed by atoms with E-state index < -0.39 is 0 Å². The van der Waals surface area contributed by atoms with Crippen LogP contribution in [0.5, 0.6) is 0 Å². The number of likely N-dealkylation sites (N-methyl/N-ethyl adjacent to an activating group) is 1. The van der Waals surface area contributed by atoms with Crippen molar-refractivity contribution in [3.8, 4) is 0 Å². The summed E-state index contributed by atoms with van der Waals surface area (Å²) in [5, 5.41) is 11.1. The zero-order valence-electron chi connectivity index (χ0n) is 12.5. The number of amides is 3. The molecular formula is C14H23ClN4O2. The van der Waals surface area contributed by atoms with Crippen LogP contribution < -0.4 is 21.3 Å². The lowest BCUT2D eigenvalue weighted by Gasteiger charge is -2.10. The fraction of sp³-hybridized carbons (Fsp3) is 0.429. The highest BCUT2D eigenvalue weighted by molar-refractivity contribution is 5.89. The molecule has 7 heteroatoms. The van der Waals surface area contributed by atoms with Gasteiger partial charge in [-0.1, -0.05) is 12.1 Å². The van der Waals surface area contributed by atoms with Gasteiger partial charge in [-0.3, -0.25) is 4.79 Å². The minimum absolute atomic E-state index is 0. The van der Waals surface area contributed by atoms with E-state index in [9.17, 15) is 9.59 Å². The largest absolute Gasteiger partial charge is 0.351 e. The molecule has 0 aromatic heterocycles. The number of hydrogen-bond donors (Lipinski definition) is 4. The zero-order chi connectivity index (χ0) is 15.0. The van der Waals surface area contributed by atoms with Gasteiger partial charge in [0.25, 0.3) is 0 Å². The summed E-state index contributed by atoms with van der Waals surface area (Å²) in [4.78, 5) is 22.8. The Hall–Kier alpha value is -1.79. The van der Waals surface area contributed by atoms with Crippen molar-refractivity contribution in [2.45, 2.75) is 26.4 Å². The third-order valence-electron chi connectivity index (χ3n) is 2.46. The molecule has 4 N–H and O–H groups in total. The van der Waals surface area contributed by atoms with Crippen LogP contribution >= 0.6 is 12.4 Å². The molecule has 0 heterocycles. The minimum Gasteiger partial charge on any atom is -0.351 e. The van der Waals surface area contributed by atoms with Crippen molar-refractivity contribution in [1.29, 1.82) is 0 Å². The highest BCUT2D eigenvalue weighted by Crippen LogP contribution is 2.09. The summed E-state index contributed by atoms with van der Waals surface area (Å²) in [6.45, 7) is 4.57. The van der Waals surface area contributed by atoms with Gasteiger partial charge in [-0.2, -0.15) is 0 Å². The van der Waals surface area contributed by atoms with Crippen molar-refractivity contribution in [2.75, 3.05) is 18.9 Å². The third-order valence-corrected chi connectivity index (χ3v) is 2.46. The van der Waals surface area contributed by atoms with Gasteiger partial charge in [0.15, 0.2) is 0 Å². The van der Waals surface area contributed by atoms with Crippen LogP contribution in [0.3, 0.4) is 0 Å². The number of rotatable bonds is 6. The normalized spacial score (nSPS) is 9.71. The number of anilines is 1. The summed E-state index contributed by atoms with van der Waals surface area (Å²) in [6.07, 6.45) is 0. The maximum absolute atomic E-state index is 11.5. The fourth-order valence-electron chi connectivity index (χ4n) is 1.56. The number of benzene rings is 1. The molecule has 1 rings (SSSR count). The van der Waals surface area contributed by atoms with E-state index in [0.29, 0.717) is 18.8 Å². The number of urea groups is 1. The van der Waals surface area contributed by atoms with Crippen LogP contribution in [0.1, 0.15) is 19.4 Å². The highest BCUT2D eigenvalue weighted by Gasteiger charge is 2.03. The predicted molar refractivity (Wildman–Crippen MR) is 86.8 cm³/mol. The van der Waals surface area contributed by atoms with Gasteiger partial charge >= 0.3 is 6.03 Å². The van der Waals surface area contributed by atoms with E-state index in [1.165, 1.54) is 0 Å². The number of carbonyl (C=O) groups excluding carboxylic acids is 2. The molecule has 1 aromatic carbocycles. The van der Waals surface area contributed by atoms with Crippen LogP contribution in [0, 0.1) is 0 Å². The lowest BCUT2D eigenvalue weighted by atomic mass is 10.2. The number of carbonyl (C=O) groups is 2. The standard InChI is InChI=1S/C14H22N4O2.ClH/c1-10(2)17-14(20)18-12-6-4-11(5-7-12)8-16-13(19)9-15-3;/h4-7,10,15H,8-9H2,1-3H3,(H,16,19)(H2,17,18,20);1H. The van der Waals surface area contributed by atoms with Crippen molar-refractivity contribution in [3.05, 3.63) is 29.8 Å². The van der Waals surface area contributed by atoms with E-state index in [-0.39, 0.29) is 30.4 Å². The van der Waals surface area contributed by atoms with Gasteiger partial charge in [-0.15, -0.1) is 12.4 Å². The molecule has 0 bridgehead atoms. The average Bonchev–Trinajstić information content (AvgIpc) is 2.37. The van der Waals surface area contributed by atoms with E-state index in [0.717, 1.165) is 5.56 Å². The van der Waals surface area contributed by atoms with Crippen LogP contribution in [0.2, 0.25) is 0 Å². The van der Waals surface area contributed by atoms with E-state index in [2.05, 4.69) is 21.3 Å². The van der Waals surface area contributed by atoms with Crippen molar-refractivity contribution >= 4 is 30.0 Å². The molecule has 6 nitrogen and oxygen atoms in total. The van der Waals surface area contributed by atoms with E-state index in [1.807, 2.05) is 26.0 Å². The van der Waals surface area contributed by atoms with E-state index >= 15 is 0 Å². The first-order valence-corrected chi connectivity index (χ1v) is 6.59. The van der Waals surface area contributed by atoms with Gasteiger partial charge in [0, 0.05) is 18.3 Å². The Morgan fingerprint density at radius 2 is 1.76 bits per heavy atom. The summed E-state index contributed by atoms with van der Waals surface area (Å²) < 4.78 is 0. The molecule has 3 amide bonds. The SMILES string of the molecule is CNCC(=O)NCc1ccc(NC(=O)NC(C)C)cc1.Cl. The molecule has 0 radical (unpaired) electrons. The first-order chi connectivity index (χ1) is 9.51. The van der Waals surface area contributed by atoms with Gasteiger partial charge < -0.3 is 21.3 Å². The minimum atomic E-state index is -0.227. The molecule has 0 fully saturated rings. The molecule has 0 saturated heterocycles. The molecule has 0 saturated carbocycles. The monoisotopic (exact) mass is 314 g/mol. The Bertz CT molecular complexity index is 449. The van der Waals surface area contributed by atoms with E-state index in [4.69, 9.17) is 0 Å². The number of halogens is 1. The van der Waals surface area contributed by atoms with Crippen molar-refractivity contribution < 1.29 is 9.59 Å². The predicted octanol–water partition coefficient (Wildman–Crippen LogP) is 1.47. The molecule has 0 aliphatic rings. The Kier molecular flexibility index (Phi) is 9.16. The topological polar surface area (TPSA) is 82.3 Å². The quantitative estimate of drug-likeness (QED) is 0.642. The summed E-state index contributed by atoms with van der Waals surface area (Å²) in [7, 11) is 1.72. The zero-order valence-corrected chi connectivity index (χ0v) is 13.3. The first-order valence-electron chi connectivity index (χ1n) is 6.59. The maximum Gasteiger partial charge on any atom is 0.319 e. The van der Waals surface area contributed by atoms with Crippen molar-refractivity contribution in [2.24, 2.45) is 0 Å². The molecule has 0 atom stereocenters. The molecule has 21 heavy (non-hydrogen) atoms. The van der Waals surface area contributed by atoms with Crippen LogP contribution in [-0.4, -0.2) is 31.6 Å². The molecule has 1 aromatic rings. The Balaban J connectivity index is 0.00000400. The molecule has 0 spiro atoms. The summed E-state index contributed by atoms with van der Waals surface area (Å²) in [5.74, 6) is -0.0500. The van der Waals surface area contributed by atoms with E-state index in [1.54, 1.807) is 19.2 Å². The molecular weight excluding hydrogens is 292 g/mol. The summed E-state index contributed by atoms with van der Waals surface area (Å²) in [5.41, 5.74) is 1.69. The van der Waals surface area contributed by atoms with Crippen LogP contribution in [-0.2, 0) is 11.3 Å². The summed E-state index contributed by atoms with van der Waals surface area (Å²) >= 11 is 0. The molecule has 0 aliphatic heterocycles. The molecule has 118 valence electrons. The molecule has 0 unspecified atom stereocenters. The number of hydrogen-bond acceptors (Lipinski definition) is 3. The lowest BCUT2D eigenvalue weighted by molar-refractivity contribution is -0.120. The van der Waals surface area contributed by atoms with Crippen LogP contribution in [0.4, 0.5) is 10.5 Å².